The smallest absolute Gasteiger partial charge is 0.139 e. The van der Waals surface area contributed by atoms with Gasteiger partial charge < -0.3 is 25.3 Å². The lowest BCUT2D eigenvalue weighted by molar-refractivity contribution is -0.0318. The summed E-state index contributed by atoms with van der Waals surface area (Å²) < 4.78 is 0. The van der Waals surface area contributed by atoms with Crippen LogP contribution in [0.1, 0.15) is 19.3 Å². The molecule has 164 valence electrons. The fourth-order valence-electron chi connectivity index (χ4n) is 7.06. The minimum atomic E-state index is -1.71. The summed E-state index contributed by atoms with van der Waals surface area (Å²) in [5, 5.41) is 10.3. The zero-order valence-electron chi connectivity index (χ0n) is 18.8. The molecule has 2 aromatic rings. The Morgan fingerprint density at radius 1 is 0.750 bits per heavy atom. The number of benzene rings is 2. The molecule has 4 heterocycles. The first-order valence-corrected chi connectivity index (χ1v) is 15.0. The number of piperazine rings is 1. The van der Waals surface area contributed by atoms with Crippen LogP contribution >= 0.6 is 0 Å². The summed E-state index contributed by atoms with van der Waals surface area (Å²) in [6, 6.07) is 20.0. The number of rotatable bonds is 1. The number of hydrogen-bond acceptors (Lipinski definition) is 5. The van der Waals surface area contributed by atoms with Crippen molar-refractivity contribution in [3.8, 4) is 0 Å². The molecule has 0 bridgehead atoms. The van der Waals surface area contributed by atoms with Gasteiger partial charge in [0.2, 0.25) is 0 Å². The van der Waals surface area contributed by atoms with E-state index < -0.39 is 8.07 Å². The highest BCUT2D eigenvalue weighted by Gasteiger charge is 2.51. The minimum absolute atomic E-state index is 0.303. The van der Waals surface area contributed by atoms with Crippen LogP contribution in [0.5, 0.6) is 0 Å². The normalized spacial score (nSPS) is 32.9. The van der Waals surface area contributed by atoms with Crippen molar-refractivity contribution < 1.29 is 0 Å². The summed E-state index contributed by atoms with van der Waals surface area (Å²) in [4.78, 5) is 7.89. The predicted octanol–water partition coefficient (Wildman–Crippen LogP) is 2.67. The highest BCUT2D eigenvalue weighted by Crippen LogP contribution is 2.42. The highest BCUT2D eigenvalue weighted by molar-refractivity contribution is 7.02. The predicted molar refractivity (Wildman–Crippen MR) is 133 cm³/mol. The van der Waals surface area contributed by atoms with Crippen molar-refractivity contribution in [2.75, 3.05) is 4.90 Å². The summed E-state index contributed by atoms with van der Waals surface area (Å²) in [5.41, 5.74) is 2.91. The monoisotopic (exact) mass is 441 g/mol. The summed E-state index contributed by atoms with van der Waals surface area (Å²) in [7, 11) is -1.71. The van der Waals surface area contributed by atoms with E-state index in [1.165, 1.54) is 30.6 Å². The molecular formula is C26H31N5Si. The zero-order chi connectivity index (χ0) is 21.4. The molecule has 0 spiro atoms. The van der Waals surface area contributed by atoms with Crippen LogP contribution in [0.4, 0.5) is 11.4 Å². The van der Waals surface area contributed by atoms with E-state index >= 15 is 0 Å². The second kappa shape index (κ2) is 6.58. The van der Waals surface area contributed by atoms with Gasteiger partial charge >= 0.3 is 0 Å². The van der Waals surface area contributed by atoms with Crippen LogP contribution in [-0.2, 0) is 0 Å². The van der Waals surface area contributed by atoms with Crippen molar-refractivity contribution in [2.45, 2.75) is 62.8 Å². The third kappa shape index (κ3) is 2.39. The zero-order valence-corrected chi connectivity index (χ0v) is 19.8. The maximum atomic E-state index is 3.59. The average molecular weight is 442 g/mol. The Kier molecular flexibility index (Phi) is 3.84. The van der Waals surface area contributed by atoms with Crippen LogP contribution in [0.25, 0.3) is 0 Å². The van der Waals surface area contributed by atoms with Crippen molar-refractivity contribution in [3.05, 3.63) is 73.3 Å². The van der Waals surface area contributed by atoms with Crippen molar-refractivity contribution in [2.24, 2.45) is 0 Å². The molecule has 7 rings (SSSR count). The highest BCUT2D eigenvalue weighted by atomic mass is 28.3. The van der Waals surface area contributed by atoms with Crippen molar-refractivity contribution in [3.63, 3.8) is 0 Å². The molecule has 5 nitrogen and oxygen atoms in total. The molecule has 0 aromatic heterocycles. The molecule has 1 saturated heterocycles. The van der Waals surface area contributed by atoms with Gasteiger partial charge in [-0.05, 0) is 41.8 Å². The van der Waals surface area contributed by atoms with E-state index in [1.54, 1.807) is 10.4 Å². The van der Waals surface area contributed by atoms with Crippen molar-refractivity contribution >= 4 is 29.8 Å². The molecule has 2 fully saturated rings. The van der Waals surface area contributed by atoms with E-state index in [4.69, 9.17) is 0 Å². The van der Waals surface area contributed by atoms with Crippen LogP contribution < -0.4 is 25.9 Å². The summed E-state index contributed by atoms with van der Waals surface area (Å²) >= 11 is 0. The number of fused-ring (bicyclic) bond motifs is 8. The van der Waals surface area contributed by atoms with E-state index in [0.29, 0.717) is 30.5 Å². The fourth-order valence-corrected chi connectivity index (χ4v) is 10.1. The molecule has 5 atom stereocenters. The average Bonchev–Trinajstić information content (AvgIpc) is 3.49. The summed E-state index contributed by atoms with van der Waals surface area (Å²) in [6.07, 6.45) is 13.1. The van der Waals surface area contributed by atoms with Crippen LogP contribution in [-0.4, -0.2) is 48.3 Å². The fraction of sp³-hybridized carbons (Fsp3) is 0.385. The third-order valence-electron chi connectivity index (χ3n) is 8.53. The number of hydrogen-bond donors (Lipinski definition) is 2. The number of nitrogens with zero attached hydrogens (tertiary/aromatic N) is 3. The Bertz CT molecular complexity index is 1080. The lowest BCUT2D eigenvalue weighted by Crippen LogP contribution is -2.70. The molecule has 5 unspecified atom stereocenters. The van der Waals surface area contributed by atoms with Gasteiger partial charge in [0, 0.05) is 42.2 Å². The van der Waals surface area contributed by atoms with Gasteiger partial charge in [-0.2, -0.15) is 0 Å². The van der Waals surface area contributed by atoms with Gasteiger partial charge in [0.25, 0.3) is 0 Å². The van der Waals surface area contributed by atoms with Crippen LogP contribution in [0, 0.1) is 0 Å². The van der Waals surface area contributed by atoms with E-state index in [0.717, 1.165) is 0 Å². The Labute approximate surface area is 191 Å². The quantitative estimate of drug-likeness (QED) is 0.665. The van der Waals surface area contributed by atoms with Gasteiger partial charge in [0.1, 0.15) is 20.4 Å². The summed E-state index contributed by atoms with van der Waals surface area (Å²) in [6.45, 7) is 5.02. The van der Waals surface area contributed by atoms with Gasteiger partial charge in [0.15, 0.2) is 0 Å². The second-order valence-electron chi connectivity index (χ2n) is 10.4. The first kappa shape index (κ1) is 18.7. The van der Waals surface area contributed by atoms with E-state index in [-0.39, 0.29) is 0 Å². The lowest BCUT2D eigenvalue weighted by atomic mass is 9.81. The van der Waals surface area contributed by atoms with E-state index in [1.807, 2.05) is 0 Å². The van der Waals surface area contributed by atoms with Gasteiger partial charge in [-0.1, -0.05) is 49.5 Å². The van der Waals surface area contributed by atoms with Gasteiger partial charge in [0.05, 0.1) is 12.1 Å². The largest absolute Gasteiger partial charge is 0.367 e. The number of nitrogens with one attached hydrogen (secondary N) is 2. The molecule has 0 amide bonds. The van der Waals surface area contributed by atoms with Crippen LogP contribution in [0.3, 0.4) is 0 Å². The Balaban J connectivity index is 1.30. The molecule has 1 saturated carbocycles. The van der Waals surface area contributed by atoms with E-state index in [9.17, 15) is 0 Å². The van der Waals surface area contributed by atoms with Gasteiger partial charge in [-0.3, -0.25) is 0 Å². The van der Waals surface area contributed by atoms with Crippen molar-refractivity contribution in [1.29, 1.82) is 0 Å². The maximum absolute atomic E-state index is 3.59. The molecule has 2 aromatic carbocycles. The maximum Gasteiger partial charge on any atom is 0.139 e. The third-order valence-corrected chi connectivity index (χ3v) is 12.1. The van der Waals surface area contributed by atoms with Crippen LogP contribution in [0.2, 0.25) is 13.1 Å². The Hall–Kier alpha value is -2.86. The Morgan fingerprint density at radius 3 is 1.94 bits per heavy atom. The second-order valence-corrected chi connectivity index (χ2v) is 14.7. The standard InChI is InChI=1S/C26H31N5Si/c1-32(2)23-9-5-3-7-20(23)31(21-8-4-6-10-24(21)32)18-11-12-19-22(17-18)30-16-14-28-26(30)25-27-13-15-29(19)25/h3-10,13-16,18-19,22,25-28H,11-12,17H2,1-2H3. The molecule has 4 aliphatic heterocycles. The lowest BCUT2D eigenvalue weighted by Gasteiger charge is -2.56. The molecule has 0 radical (unpaired) electrons. The number of para-hydroxylation sites is 2. The van der Waals surface area contributed by atoms with Gasteiger partial charge in [-0.15, -0.1) is 0 Å². The minimum Gasteiger partial charge on any atom is -0.367 e. The first-order chi connectivity index (χ1) is 15.6. The topological polar surface area (TPSA) is 33.8 Å². The van der Waals surface area contributed by atoms with Gasteiger partial charge in [-0.25, -0.2) is 0 Å². The molecule has 5 aliphatic rings. The van der Waals surface area contributed by atoms with Crippen LogP contribution in [0.15, 0.2) is 73.3 Å². The molecule has 2 N–H and O–H groups in total. The SMILES string of the molecule is C[Si]1(C)c2ccccc2N(C2CCC3C(C2)N2C=CNC2C2NC=CN32)c2ccccc21. The molecule has 1 aliphatic carbocycles. The number of anilines is 2. The van der Waals surface area contributed by atoms with Crippen molar-refractivity contribution in [1.82, 2.24) is 20.4 Å². The summed E-state index contributed by atoms with van der Waals surface area (Å²) in [5.74, 6) is 0. The van der Waals surface area contributed by atoms with E-state index in [2.05, 4.69) is 112 Å². The molecule has 6 heteroatoms. The molecule has 32 heavy (non-hydrogen) atoms. The first-order valence-electron chi connectivity index (χ1n) is 12.0. The Morgan fingerprint density at radius 2 is 1.31 bits per heavy atom. The molecular weight excluding hydrogens is 410 g/mol.